The maximum atomic E-state index is 4.95. The maximum absolute atomic E-state index is 4.95. The summed E-state index contributed by atoms with van der Waals surface area (Å²) in [6.07, 6.45) is 1.14. The van der Waals surface area contributed by atoms with Gasteiger partial charge in [-0.15, -0.1) is 0 Å². The van der Waals surface area contributed by atoms with Gasteiger partial charge in [-0.1, -0.05) is 14.4 Å². The number of hydrogen-bond acceptors (Lipinski definition) is 3. The zero-order valence-corrected chi connectivity index (χ0v) is 6.64. The van der Waals surface area contributed by atoms with Crippen LogP contribution in [0.3, 0.4) is 0 Å². The van der Waals surface area contributed by atoms with Crippen molar-refractivity contribution in [2.75, 3.05) is 0 Å². The van der Waals surface area contributed by atoms with E-state index in [-0.39, 0.29) is 17.9 Å². The highest BCUT2D eigenvalue weighted by molar-refractivity contribution is 7.99. The molecular weight excluding hydrogens is 152 g/mol. The van der Waals surface area contributed by atoms with Crippen LogP contribution in [0.1, 0.15) is 27.7 Å². The molecule has 0 amide bonds. The van der Waals surface area contributed by atoms with Gasteiger partial charge in [0.1, 0.15) is 0 Å². The summed E-state index contributed by atoms with van der Waals surface area (Å²) in [5.74, 6) is 0. The predicted octanol–water partition coefficient (Wildman–Crippen LogP) is 2.27. The SMILES string of the molecule is C.CCC(C)OC(=S)[S-]. The smallest absolute Gasteiger partial charge is 0.0933 e. The van der Waals surface area contributed by atoms with E-state index in [4.69, 9.17) is 4.74 Å². The molecule has 0 saturated carbocycles. The topological polar surface area (TPSA) is 9.23 Å². The van der Waals surface area contributed by atoms with Crippen molar-refractivity contribution in [2.24, 2.45) is 0 Å². The van der Waals surface area contributed by atoms with Gasteiger partial charge in [0.2, 0.25) is 0 Å². The molecule has 0 saturated heterocycles. The molecule has 0 aliphatic rings. The highest BCUT2D eigenvalue weighted by Gasteiger charge is 1.92. The first-order valence-electron chi connectivity index (χ1n) is 2.54. The van der Waals surface area contributed by atoms with Gasteiger partial charge in [0.05, 0.1) is 6.10 Å². The lowest BCUT2D eigenvalue weighted by Gasteiger charge is -2.14. The largest absolute Gasteiger partial charge is 0.511 e. The maximum Gasteiger partial charge on any atom is 0.0933 e. The van der Waals surface area contributed by atoms with Crippen molar-refractivity contribution in [1.29, 1.82) is 0 Å². The number of hydrogen-bond donors (Lipinski definition) is 0. The van der Waals surface area contributed by atoms with E-state index in [1.807, 2.05) is 13.8 Å². The Morgan fingerprint density at radius 3 is 2.33 bits per heavy atom. The fourth-order valence-electron chi connectivity index (χ4n) is 0.248. The first kappa shape index (κ1) is 11.9. The lowest BCUT2D eigenvalue weighted by atomic mass is 10.3. The number of rotatable bonds is 2. The van der Waals surface area contributed by atoms with Gasteiger partial charge in [0.25, 0.3) is 0 Å². The third kappa shape index (κ3) is 8.11. The second kappa shape index (κ2) is 6.23. The highest BCUT2D eigenvalue weighted by atomic mass is 32.1. The van der Waals surface area contributed by atoms with Crippen molar-refractivity contribution in [3.8, 4) is 0 Å². The van der Waals surface area contributed by atoms with Gasteiger partial charge in [-0.2, -0.15) is 0 Å². The summed E-state index contributed by atoms with van der Waals surface area (Å²) >= 11 is 9.06. The Morgan fingerprint density at radius 1 is 1.78 bits per heavy atom. The molecule has 0 N–H and O–H groups in total. The van der Waals surface area contributed by atoms with Crippen LogP contribution in [-0.4, -0.2) is 10.5 Å². The zero-order chi connectivity index (χ0) is 6.57. The lowest BCUT2D eigenvalue weighted by Crippen LogP contribution is -2.09. The van der Waals surface area contributed by atoms with Crippen molar-refractivity contribution in [2.45, 2.75) is 33.8 Å². The Balaban J connectivity index is 0. The van der Waals surface area contributed by atoms with Crippen molar-refractivity contribution in [3.05, 3.63) is 0 Å². The molecule has 0 aliphatic heterocycles. The summed E-state index contributed by atoms with van der Waals surface area (Å²) in [5.41, 5.74) is 0. The van der Waals surface area contributed by atoms with E-state index in [0.29, 0.717) is 0 Å². The molecule has 0 fully saturated rings. The second-order valence-electron chi connectivity index (χ2n) is 1.59. The van der Waals surface area contributed by atoms with Gasteiger partial charge < -0.3 is 29.6 Å². The Kier molecular flexibility index (Phi) is 8.21. The summed E-state index contributed by atoms with van der Waals surface area (Å²) in [4.78, 5) is 0. The van der Waals surface area contributed by atoms with E-state index in [2.05, 4.69) is 24.8 Å². The van der Waals surface area contributed by atoms with E-state index < -0.39 is 0 Å². The summed E-state index contributed by atoms with van der Waals surface area (Å²) in [6, 6.07) is 0. The molecule has 1 nitrogen and oxygen atoms in total. The first-order valence-corrected chi connectivity index (χ1v) is 3.36. The van der Waals surface area contributed by atoms with E-state index in [1.165, 1.54) is 0 Å². The van der Waals surface area contributed by atoms with Crippen LogP contribution in [-0.2, 0) is 17.4 Å². The Morgan fingerprint density at radius 2 is 2.22 bits per heavy atom. The zero-order valence-electron chi connectivity index (χ0n) is 5.01. The van der Waals surface area contributed by atoms with Crippen molar-refractivity contribution < 1.29 is 4.74 Å². The van der Waals surface area contributed by atoms with Crippen LogP contribution in [0.15, 0.2) is 0 Å². The molecule has 3 heteroatoms. The molecule has 0 bridgehead atoms. The van der Waals surface area contributed by atoms with Crippen LogP contribution in [0.2, 0.25) is 0 Å². The summed E-state index contributed by atoms with van der Waals surface area (Å²) < 4.78 is 5.17. The third-order valence-electron chi connectivity index (χ3n) is 0.872. The molecule has 0 radical (unpaired) electrons. The lowest BCUT2D eigenvalue weighted by molar-refractivity contribution is 0.217. The van der Waals surface area contributed by atoms with Gasteiger partial charge in [-0.05, 0) is 13.3 Å². The number of ether oxygens (including phenoxy) is 1. The molecule has 0 heterocycles. The standard InChI is InChI=1S/C5H10OS2.CH4/c1-3-4(2)6-5(7)8;/h4H,3H2,1-2H3,(H,7,8);1H4/p-1. The molecule has 1 atom stereocenters. The van der Waals surface area contributed by atoms with Gasteiger partial charge >= 0.3 is 0 Å². The average molecular weight is 165 g/mol. The Bertz CT molecular complexity index is 83.1. The minimum absolute atomic E-state index is 0. The minimum atomic E-state index is 0. The summed E-state index contributed by atoms with van der Waals surface area (Å²) in [7, 11) is 0. The van der Waals surface area contributed by atoms with Crippen LogP contribution < -0.4 is 0 Å². The molecule has 0 rings (SSSR count). The molecule has 0 aromatic carbocycles. The van der Waals surface area contributed by atoms with Gasteiger partial charge in [-0.25, -0.2) is 0 Å². The van der Waals surface area contributed by atoms with Crippen LogP contribution in [0.4, 0.5) is 0 Å². The van der Waals surface area contributed by atoms with E-state index >= 15 is 0 Å². The summed E-state index contributed by atoms with van der Waals surface area (Å²) in [5, 5.41) is 0. The third-order valence-corrected chi connectivity index (χ3v) is 1.06. The van der Waals surface area contributed by atoms with Crippen molar-refractivity contribution in [3.63, 3.8) is 0 Å². The summed E-state index contributed by atoms with van der Waals surface area (Å²) in [6.45, 7) is 3.97. The second-order valence-corrected chi connectivity index (χ2v) is 2.59. The fourth-order valence-corrected chi connectivity index (χ4v) is 0.576. The van der Waals surface area contributed by atoms with Crippen LogP contribution in [0.25, 0.3) is 0 Å². The van der Waals surface area contributed by atoms with E-state index in [9.17, 15) is 0 Å². The normalized spacial score (nSPS) is 11.3. The van der Waals surface area contributed by atoms with Gasteiger partial charge in [-0.3, -0.25) is 0 Å². The average Bonchev–Trinajstić information content (AvgIpc) is 1.65. The van der Waals surface area contributed by atoms with Crippen LogP contribution in [0, 0.1) is 0 Å². The van der Waals surface area contributed by atoms with E-state index in [0.717, 1.165) is 6.42 Å². The molecule has 0 spiro atoms. The van der Waals surface area contributed by atoms with Crippen LogP contribution >= 0.6 is 12.2 Å². The van der Waals surface area contributed by atoms with Gasteiger partial charge in [0, 0.05) is 4.38 Å². The van der Waals surface area contributed by atoms with Gasteiger partial charge in [0.15, 0.2) is 0 Å². The molecule has 0 aromatic heterocycles. The molecule has 56 valence electrons. The predicted molar refractivity (Wildman–Crippen MR) is 47.5 cm³/mol. The van der Waals surface area contributed by atoms with Crippen molar-refractivity contribution >= 4 is 29.2 Å². The molecule has 9 heavy (non-hydrogen) atoms. The van der Waals surface area contributed by atoms with Crippen molar-refractivity contribution in [1.82, 2.24) is 0 Å². The minimum Gasteiger partial charge on any atom is -0.511 e. The molecular formula is C6H13OS2-. The monoisotopic (exact) mass is 165 g/mol. The molecule has 1 unspecified atom stereocenters. The quantitative estimate of drug-likeness (QED) is 0.459. The number of thiocarbonyl (C=S) groups is 1. The highest BCUT2D eigenvalue weighted by Crippen LogP contribution is 1.95. The fraction of sp³-hybridized carbons (Fsp3) is 0.833. The molecule has 0 aliphatic carbocycles. The van der Waals surface area contributed by atoms with E-state index in [1.54, 1.807) is 0 Å². The van der Waals surface area contributed by atoms with Crippen LogP contribution in [0.5, 0.6) is 0 Å². The first-order chi connectivity index (χ1) is 3.66. The Labute approximate surface area is 68.2 Å². The molecule has 0 aromatic rings. The Hall–Kier alpha value is 0.110.